The van der Waals surface area contributed by atoms with Gasteiger partial charge >= 0.3 is 0 Å². The first-order valence-electron chi connectivity index (χ1n) is 9.18. The molecule has 3 aromatic rings. The third-order valence-corrected chi connectivity index (χ3v) is 6.18. The number of aliphatic hydroxyl groups excluding tert-OH is 1. The number of rotatable bonds is 3. The number of hydrogen-bond donors (Lipinski definition) is 1. The van der Waals surface area contributed by atoms with Crippen molar-refractivity contribution in [1.29, 1.82) is 0 Å². The lowest BCUT2D eigenvalue weighted by Gasteiger charge is -2.22. The quantitative estimate of drug-likeness (QED) is 0.787. The summed E-state index contributed by atoms with van der Waals surface area (Å²) in [4.78, 5) is 15.0. The average Bonchev–Trinajstić information content (AvgIpc) is 3.28. The molecular weight excluding hydrogens is 322 g/mol. The Kier molecular flexibility index (Phi) is 3.41. The van der Waals surface area contributed by atoms with E-state index in [1.807, 2.05) is 29.2 Å². The highest BCUT2D eigenvalue weighted by Crippen LogP contribution is 2.59. The van der Waals surface area contributed by atoms with Crippen molar-refractivity contribution in [2.24, 2.45) is 5.92 Å². The first-order valence-corrected chi connectivity index (χ1v) is 9.18. The predicted octanol–water partition coefficient (Wildman–Crippen LogP) is 3.75. The van der Waals surface area contributed by atoms with Gasteiger partial charge in [0.25, 0.3) is 5.91 Å². The molecule has 2 fully saturated rings. The summed E-state index contributed by atoms with van der Waals surface area (Å²) in [7, 11) is 0. The molecule has 1 amide bonds. The number of amides is 1. The van der Waals surface area contributed by atoms with Crippen LogP contribution in [0.5, 0.6) is 0 Å². The zero-order valence-corrected chi connectivity index (χ0v) is 14.6. The molecule has 1 heterocycles. The maximum Gasteiger partial charge on any atom is 0.254 e. The molecule has 1 aliphatic carbocycles. The zero-order valence-electron chi connectivity index (χ0n) is 14.6. The van der Waals surface area contributed by atoms with Crippen LogP contribution in [0.25, 0.3) is 10.8 Å². The molecular formula is C23H21NO2. The van der Waals surface area contributed by atoms with E-state index in [0.717, 1.165) is 19.5 Å². The van der Waals surface area contributed by atoms with E-state index in [2.05, 4.69) is 42.5 Å². The van der Waals surface area contributed by atoms with Crippen molar-refractivity contribution in [3.05, 3.63) is 83.4 Å². The summed E-state index contributed by atoms with van der Waals surface area (Å²) in [6.07, 6.45) is 1.16. The summed E-state index contributed by atoms with van der Waals surface area (Å²) >= 11 is 0. The Morgan fingerprint density at radius 2 is 1.81 bits per heavy atom. The highest BCUT2D eigenvalue weighted by atomic mass is 16.3. The van der Waals surface area contributed by atoms with E-state index in [4.69, 9.17) is 0 Å². The van der Waals surface area contributed by atoms with Crippen molar-refractivity contribution in [2.45, 2.75) is 18.4 Å². The third-order valence-electron chi connectivity index (χ3n) is 6.18. The first-order chi connectivity index (χ1) is 12.7. The van der Waals surface area contributed by atoms with Crippen LogP contribution in [-0.2, 0) is 12.0 Å². The van der Waals surface area contributed by atoms with Crippen molar-refractivity contribution in [2.75, 3.05) is 13.1 Å². The molecule has 1 aliphatic heterocycles. The second-order valence-electron chi connectivity index (χ2n) is 7.62. The lowest BCUT2D eigenvalue weighted by Crippen LogP contribution is -2.33. The monoisotopic (exact) mass is 343 g/mol. The van der Waals surface area contributed by atoms with E-state index in [0.29, 0.717) is 17.0 Å². The van der Waals surface area contributed by atoms with E-state index in [-0.39, 0.29) is 17.9 Å². The molecule has 2 atom stereocenters. The van der Waals surface area contributed by atoms with E-state index >= 15 is 0 Å². The van der Waals surface area contributed by atoms with Crippen LogP contribution < -0.4 is 0 Å². The van der Waals surface area contributed by atoms with Gasteiger partial charge in [0.15, 0.2) is 0 Å². The molecule has 0 radical (unpaired) electrons. The first kappa shape index (κ1) is 15.6. The van der Waals surface area contributed by atoms with Gasteiger partial charge in [-0.1, -0.05) is 60.7 Å². The predicted molar refractivity (Wildman–Crippen MR) is 102 cm³/mol. The average molecular weight is 343 g/mol. The van der Waals surface area contributed by atoms with Crippen LogP contribution in [0, 0.1) is 5.92 Å². The Hall–Kier alpha value is -2.65. The van der Waals surface area contributed by atoms with Crippen LogP contribution in [0.4, 0.5) is 0 Å². The minimum absolute atomic E-state index is 0.0435. The molecule has 1 saturated carbocycles. The molecule has 3 nitrogen and oxygen atoms in total. The van der Waals surface area contributed by atoms with E-state index < -0.39 is 0 Å². The number of likely N-dealkylation sites (tertiary alicyclic amines) is 1. The Bertz CT molecular complexity index is 1010. The second kappa shape index (κ2) is 5.68. The molecule has 0 unspecified atom stereocenters. The smallest absolute Gasteiger partial charge is 0.254 e. The standard InChI is InChI=1S/C23H21NO2/c25-14-18-7-3-4-8-21(18)22(26)24-13-20-12-23(20,15-24)19-10-9-16-5-1-2-6-17(16)11-19/h1-11,20,25H,12-15H2/t20-,23+/m1/s1. The lowest BCUT2D eigenvalue weighted by molar-refractivity contribution is 0.0769. The molecule has 1 N–H and O–H groups in total. The highest BCUT2D eigenvalue weighted by molar-refractivity contribution is 5.96. The van der Waals surface area contributed by atoms with Gasteiger partial charge in [0.2, 0.25) is 0 Å². The number of fused-ring (bicyclic) bond motifs is 2. The van der Waals surface area contributed by atoms with Gasteiger partial charge in [-0.2, -0.15) is 0 Å². The van der Waals surface area contributed by atoms with Crippen LogP contribution in [0.1, 0.15) is 27.9 Å². The number of hydrogen-bond acceptors (Lipinski definition) is 2. The molecule has 5 rings (SSSR count). The maximum atomic E-state index is 13.0. The molecule has 0 aromatic heterocycles. The largest absolute Gasteiger partial charge is 0.392 e. The SMILES string of the molecule is O=C(c1ccccc1CO)N1C[C@H]2C[C@@]2(c2ccc3ccccc3c2)C1. The molecule has 3 aromatic carbocycles. The maximum absolute atomic E-state index is 13.0. The Morgan fingerprint density at radius 1 is 1.04 bits per heavy atom. The summed E-state index contributed by atoms with van der Waals surface area (Å²) in [5.41, 5.74) is 2.81. The van der Waals surface area contributed by atoms with Crippen molar-refractivity contribution < 1.29 is 9.90 Å². The van der Waals surface area contributed by atoms with Crippen LogP contribution in [0.2, 0.25) is 0 Å². The fraction of sp³-hybridized carbons (Fsp3) is 0.261. The van der Waals surface area contributed by atoms with E-state index in [1.165, 1.54) is 16.3 Å². The number of nitrogens with zero attached hydrogens (tertiary/aromatic N) is 1. The molecule has 0 bridgehead atoms. The number of piperidine rings is 1. The fourth-order valence-electron chi connectivity index (χ4n) is 4.62. The number of carbonyl (C=O) groups is 1. The lowest BCUT2D eigenvalue weighted by atomic mass is 9.92. The van der Waals surface area contributed by atoms with Gasteiger partial charge in [-0.3, -0.25) is 4.79 Å². The molecule has 0 spiro atoms. The van der Waals surface area contributed by atoms with Gasteiger partial charge in [-0.25, -0.2) is 0 Å². The van der Waals surface area contributed by atoms with Gasteiger partial charge in [0.05, 0.1) is 6.61 Å². The Morgan fingerprint density at radius 3 is 2.65 bits per heavy atom. The van der Waals surface area contributed by atoms with Crippen LogP contribution in [0.3, 0.4) is 0 Å². The van der Waals surface area contributed by atoms with Crippen molar-refractivity contribution >= 4 is 16.7 Å². The molecule has 26 heavy (non-hydrogen) atoms. The van der Waals surface area contributed by atoms with Gasteiger partial charge < -0.3 is 10.0 Å². The number of carbonyl (C=O) groups excluding carboxylic acids is 1. The Balaban J connectivity index is 1.44. The van der Waals surface area contributed by atoms with Gasteiger partial charge in [-0.05, 0) is 40.3 Å². The minimum Gasteiger partial charge on any atom is -0.392 e. The van der Waals surface area contributed by atoms with Crippen molar-refractivity contribution in [3.8, 4) is 0 Å². The second-order valence-corrected chi connectivity index (χ2v) is 7.62. The summed E-state index contributed by atoms with van der Waals surface area (Å²) in [6, 6.07) is 22.5. The summed E-state index contributed by atoms with van der Waals surface area (Å²) in [6.45, 7) is 1.48. The highest BCUT2D eigenvalue weighted by Gasteiger charge is 2.61. The molecule has 3 heteroatoms. The normalized spacial score (nSPS) is 23.9. The summed E-state index contributed by atoms with van der Waals surface area (Å²) in [5, 5.41) is 12.1. The van der Waals surface area contributed by atoms with E-state index in [9.17, 15) is 9.90 Å². The van der Waals surface area contributed by atoms with Gasteiger partial charge in [0.1, 0.15) is 0 Å². The van der Waals surface area contributed by atoms with Gasteiger partial charge in [0, 0.05) is 24.1 Å². The molecule has 130 valence electrons. The fourth-order valence-corrected chi connectivity index (χ4v) is 4.62. The van der Waals surface area contributed by atoms with Crippen molar-refractivity contribution in [1.82, 2.24) is 4.90 Å². The summed E-state index contributed by atoms with van der Waals surface area (Å²) in [5.74, 6) is 0.593. The zero-order chi connectivity index (χ0) is 17.7. The number of aliphatic hydroxyl groups is 1. The molecule has 2 aliphatic rings. The van der Waals surface area contributed by atoms with Crippen LogP contribution in [0.15, 0.2) is 66.7 Å². The van der Waals surface area contributed by atoms with Crippen molar-refractivity contribution in [3.63, 3.8) is 0 Å². The Labute approximate surface area is 152 Å². The summed E-state index contributed by atoms with van der Waals surface area (Å²) < 4.78 is 0. The van der Waals surface area contributed by atoms with Crippen LogP contribution in [-0.4, -0.2) is 29.0 Å². The van der Waals surface area contributed by atoms with Gasteiger partial charge in [-0.15, -0.1) is 0 Å². The van der Waals surface area contributed by atoms with Crippen LogP contribution >= 0.6 is 0 Å². The number of benzene rings is 3. The topological polar surface area (TPSA) is 40.5 Å². The minimum atomic E-state index is -0.102. The molecule has 1 saturated heterocycles. The third kappa shape index (κ3) is 2.27. The van der Waals surface area contributed by atoms with E-state index in [1.54, 1.807) is 0 Å².